The topological polar surface area (TPSA) is 70.5 Å². The van der Waals surface area contributed by atoms with Crippen molar-refractivity contribution in [2.45, 2.75) is 6.43 Å². The zero-order chi connectivity index (χ0) is 12.7. The van der Waals surface area contributed by atoms with Crippen molar-refractivity contribution < 1.29 is 22.8 Å². The second-order valence-corrected chi connectivity index (χ2v) is 3.72. The minimum absolute atomic E-state index is 0.0115. The van der Waals surface area contributed by atoms with Crippen LogP contribution in [0.4, 0.5) is 14.7 Å². The fourth-order valence-corrected chi connectivity index (χ4v) is 1.76. The van der Waals surface area contributed by atoms with Gasteiger partial charge in [0.1, 0.15) is 5.69 Å². The lowest BCUT2D eigenvalue weighted by Crippen LogP contribution is -1.93. The number of anilines is 1. The molecule has 0 radical (unpaired) electrons. The van der Waals surface area contributed by atoms with Crippen molar-refractivity contribution in [1.29, 1.82) is 0 Å². The van der Waals surface area contributed by atoms with Crippen molar-refractivity contribution in [2.24, 2.45) is 0 Å². The highest BCUT2D eigenvalue weighted by molar-refractivity contribution is 5.73. The molecular formula is C11H8F2N2O3. The minimum Gasteiger partial charge on any atom is -0.454 e. The highest BCUT2D eigenvalue weighted by Crippen LogP contribution is 2.43. The Morgan fingerprint density at radius 3 is 2.72 bits per heavy atom. The Kier molecular flexibility index (Phi) is 2.32. The van der Waals surface area contributed by atoms with Crippen molar-refractivity contribution in [2.75, 3.05) is 12.5 Å². The second kappa shape index (κ2) is 3.86. The lowest BCUT2D eigenvalue weighted by molar-refractivity contribution is 0.150. The van der Waals surface area contributed by atoms with Crippen LogP contribution in [0.2, 0.25) is 0 Å². The molecule has 18 heavy (non-hydrogen) atoms. The number of rotatable bonds is 2. The summed E-state index contributed by atoms with van der Waals surface area (Å²) in [4.78, 5) is 0. The first-order valence-electron chi connectivity index (χ1n) is 5.09. The highest BCUT2D eigenvalue weighted by Gasteiger charge is 2.24. The van der Waals surface area contributed by atoms with Crippen LogP contribution < -0.4 is 15.2 Å². The Labute approximate surface area is 100 Å². The van der Waals surface area contributed by atoms with Gasteiger partial charge in [0.05, 0.1) is 5.56 Å². The van der Waals surface area contributed by atoms with Crippen LogP contribution in [0.25, 0.3) is 11.3 Å². The molecule has 94 valence electrons. The summed E-state index contributed by atoms with van der Waals surface area (Å²) < 4.78 is 40.6. The summed E-state index contributed by atoms with van der Waals surface area (Å²) in [5.74, 6) is 0.734. The number of ether oxygens (including phenoxy) is 2. The van der Waals surface area contributed by atoms with E-state index in [2.05, 4.69) is 5.16 Å². The van der Waals surface area contributed by atoms with E-state index in [1.807, 2.05) is 0 Å². The van der Waals surface area contributed by atoms with Crippen LogP contribution in [0, 0.1) is 0 Å². The Morgan fingerprint density at radius 2 is 2.06 bits per heavy atom. The fraction of sp³-hybridized carbons (Fsp3) is 0.182. The van der Waals surface area contributed by atoms with E-state index in [9.17, 15) is 8.78 Å². The minimum atomic E-state index is -2.61. The quantitative estimate of drug-likeness (QED) is 0.891. The molecule has 1 aromatic carbocycles. The predicted molar refractivity (Wildman–Crippen MR) is 57.4 cm³/mol. The molecule has 5 nitrogen and oxygen atoms in total. The van der Waals surface area contributed by atoms with Crippen LogP contribution in [0.5, 0.6) is 11.5 Å². The molecule has 2 heterocycles. The van der Waals surface area contributed by atoms with E-state index in [0.29, 0.717) is 17.0 Å². The van der Waals surface area contributed by atoms with Gasteiger partial charge in [-0.1, -0.05) is 5.16 Å². The first-order valence-corrected chi connectivity index (χ1v) is 5.09. The zero-order valence-electron chi connectivity index (χ0n) is 9.02. The number of nitrogens with two attached hydrogens (primary N) is 1. The highest BCUT2D eigenvalue weighted by atomic mass is 19.3. The Hall–Kier alpha value is -2.31. The van der Waals surface area contributed by atoms with Gasteiger partial charge in [0, 0.05) is 11.6 Å². The molecule has 0 amide bonds. The van der Waals surface area contributed by atoms with Crippen LogP contribution in [0.15, 0.2) is 22.7 Å². The molecule has 1 aromatic heterocycles. The average molecular weight is 254 g/mol. The van der Waals surface area contributed by atoms with Gasteiger partial charge in [-0.25, -0.2) is 8.78 Å². The molecule has 7 heteroatoms. The molecule has 2 N–H and O–H groups in total. The van der Waals surface area contributed by atoms with Crippen LogP contribution in [-0.2, 0) is 0 Å². The summed E-state index contributed by atoms with van der Waals surface area (Å²) in [7, 11) is 0. The van der Waals surface area contributed by atoms with Crippen molar-refractivity contribution in [1.82, 2.24) is 5.16 Å². The maximum Gasteiger partial charge on any atom is 0.264 e. The average Bonchev–Trinajstić information content (AvgIpc) is 2.95. The number of benzene rings is 1. The third-order valence-corrected chi connectivity index (χ3v) is 2.55. The molecule has 0 atom stereocenters. The van der Waals surface area contributed by atoms with E-state index in [0.717, 1.165) is 0 Å². The van der Waals surface area contributed by atoms with Gasteiger partial charge < -0.3 is 19.7 Å². The standard InChI is InChI=1S/C11H8F2N2O3/c12-11(13)5-1-6(7-3-9(14)18-15-7)10-8(2-5)16-4-17-10/h1-3,11H,4,14H2. The molecule has 3 rings (SSSR count). The van der Waals surface area contributed by atoms with Crippen molar-refractivity contribution in [3.8, 4) is 22.8 Å². The fourth-order valence-electron chi connectivity index (χ4n) is 1.76. The zero-order valence-corrected chi connectivity index (χ0v) is 9.02. The van der Waals surface area contributed by atoms with Gasteiger partial charge in [0.15, 0.2) is 11.5 Å². The van der Waals surface area contributed by atoms with Gasteiger partial charge in [-0.3, -0.25) is 0 Å². The van der Waals surface area contributed by atoms with Gasteiger partial charge in [0.2, 0.25) is 12.7 Å². The molecule has 1 aliphatic heterocycles. The summed E-state index contributed by atoms with van der Waals surface area (Å²) in [6, 6.07) is 3.97. The second-order valence-electron chi connectivity index (χ2n) is 3.72. The van der Waals surface area contributed by atoms with E-state index in [1.165, 1.54) is 18.2 Å². The molecule has 2 aromatic rings. The number of alkyl halides is 2. The van der Waals surface area contributed by atoms with E-state index >= 15 is 0 Å². The Bertz CT molecular complexity index is 598. The van der Waals surface area contributed by atoms with Crippen molar-refractivity contribution in [3.63, 3.8) is 0 Å². The predicted octanol–water partition coefficient (Wildman–Crippen LogP) is 2.59. The first-order chi connectivity index (χ1) is 8.65. The van der Waals surface area contributed by atoms with Gasteiger partial charge in [-0.2, -0.15) is 0 Å². The van der Waals surface area contributed by atoms with E-state index in [-0.39, 0.29) is 24.0 Å². The smallest absolute Gasteiger partial charge is 0.264 e. The van der Waals surface area contributed by atoms with E-state index in [4.69, 9.17) is 19.7 Å². The number of halogens is 2. The molecule has 1 aliphatic rings. The monoisotopic (exact) mass is 254 g/mol. The number of nitrogen functional groups attached to an aromatic ring is 1. The molecule has 0 aliphatic carbocycles. The SMILES string of the molecule is Nc1cc(-c2cc(C(F)F)cc3c2OCO3)no1. The lowest BCUT2D eigenvalue weighted by atomic mass is 10.1. The van der Waals surface area contributed by atoms with Crippen LogP contribution in [0.3, 0.4) is 0 Å². The molecule has 0 fully saturated rings. The Morgan fingerprint density at radius 1 is 1.22 bits per heavy atom. The molecule has 0 saturated heterocycles. The number of aromatic nitrogens is 1. The van der Waals surface area contributed by atoms with Gasteiger partial charge in [-0.05, 0) is 12.1 Å². The maximum absolute atomic E-state index is 12.8. The molecule has 0 saturated carbocycles. The molecular weight excluding hydrogens is 246 g/mol. The van der Waals surface area contributed by atoms with Gasteiger partial charge in [0.25, 0.3) is 6.43 Å². The number of nitrogens with zero attached hydrogens (tertiary/aromatic N) is 1. The number of fused-ring (bicyclic) bond motifs is 1. The van der Waals surface area contributed by atoms with E-state index in [1.54, 1.807) is 0 Å². The summed E-state index contributed by atoms with van der Waals surface area (Å²) >= 11 is 0. The third kappa shape index (κ3) is 1.64. The van der Waals surface area contributed by atoms with Gasteiger partial charge in [-0.15, -0.1) is 0 Å². The number of hydrogen-bond acceptors (Lipinski definition) is 5. The van der Waals surface area contributed by atoms with Crippen LogP contribution in [0.1, 0.15) is 12.0 Å². The normalized spacial score (nSPS) is 13.3. The summed E-state index contributed by atoms with van der Waals surface area (Å²) in [6.07, 6.45) is -2.61. The Balaban J connectivity index is 2.18. The van der Waals surface area contributed by atoms with Crippen LogP contribution in [-0.4, -0.2) is 11.9 Å². The summed E-state index contributed by atoms with van der Waals surface area (Å²) in [5.41, 5.74) is 5.95. The van der Waals surface area contributed by atoms with Crippen molar-refractivity contribution in [3.05, 3.63) is 23.8 Å². The molecule has 0 unspecified atom stereocenters. The summed E-state index contributed by atoms with van der Waals surface area (Å²) in [5, 5.41) is 3.68. The van der Waals surface area contributed by atoms with Crippen molar-refractivity contribution >= 4 is 5.88 Å². The largest absolute Gasteiger partial charge is 0.454 e. The van der Waals surface area contributed by atoms with E-state index < -0.39 is 6.43 Å². The van der Waals surface area contributed by atoms with Crippen LogP contribution >= 0.6 is 0 Å². The molecule has 0 bridgehead atoms. The summed E-state index contributed by atoms with van der Waals surface area (Å²) in [6.45, 7) is -0.0115. The number of hydrogen-bond donors (Lipinski definition) is 1. The van der Waals surface area contributed by atoms with Gasteiger partial charge >= 0.3 is 0 Å². The lowest BCUT2D eigenvalue weighted by Gasteiger charge is -2.06. The third-order valence-electron chi connectivity index (χ3n) is 2.55. The molecule has 0 spiro atoms. The first kappa shape index (κ1) is 10.8. The maximum atomic E-state index is 12.8.